The highest BCUT2D eigenvalue weighted by Crippen LogP contribution is 2.28. The summed E-state index contributed by atoms with van der Waals surface area (Å²) in [4.78, 5) is 0. The van der Waals surface area contributed by atoms with Crippen LogP contribution in [0, 0.1) is 29.6 Å². The molecule has 0 spiro atoms. The van der Waals surface area contributed by atoms with Gasteiger partial charge in [-0.3, -0.25) is 0 Å². The van der Waals surface area contributed by atoms with Gasteiger partial charge in [-0.2, -0.15) is 0 Å². The third-order valence-corrected chi connectivity index (χ3v) is 6.51. The van der Waals surface area contributed by atoms with Crippen LogP contribution < -0.4 is 0 Å². The summed E-state index contributed by atoms with van der Waals surface area (Å²) >= 11 is 0. The maximum atomic E-state index is 9.57. The summed E-state index contributed by atoms with van der Waals surface area (Å²) < 4.78 is 11.2. The van der Waals surface area contributed by atoms with E-state index in [4.69, 9.17) is 9.47 Å². The highest BCUT2D eigenvalue weighted by molar-refractivity contribution is 4.68. The van der Waals surface area contributed by atoms with E-state index >= 15 is 0 Å². The van der Waals surface area contributed by atoms with Crippen molar-refractivity contribution < 1.29 is 14.6 Å². The van der Waals surface area contributed by atoms with Crippen LogP contribution in [0.4, 0.5) is 0 Å². The number of hydrogen-bond acceptors (Lipinski definition) is 3. The van der Waals surface area contributed by atoms with Gasteiger partial charge in [0.2, 0.25) is 0 Å². The summed E-state index contributed by atoms with van der Waals surface area (Å²) in [5.41, 5.74) is 0. The third-order valence-electron chi connectivity index (χ3n) is 6.51. The third kappa shape index (κ3) is 21.5. The molecule has 0 bridgehead atoms. The van der Waals surface area contributed by atoms with E-state index in [1.165, 1.54) is 57.8 Å². The standard InChI is InChI=1S/C28H58O3/c1-8-9-10-11-12-15-30-22-31-16-13-14-23(2)17-24(3)18-25(4)19-26(5)20-27(6)21-28(7)29/h23-29H,8-22H2,1-7H3. The molecule has 0 aromatic heterocycles. The summed E-state index contributed by atoms with van der Waals surface area (Å²) in [6, 6.07) is 0. The van der Waals surface area contributed by atoms with Crippen LogP contribution in [0.1, 0.15) is 126 Å². The lowest BCUT2D eigenvalue weighted by Crippen LogP contribution is -2.14. The molecule has 0 saturated carbocycles. The molecule has 0 aromatic carbocycles. The molecule has 3 nitrogen and oxygen atoms in total. The second-order valence-corrected chi connectivity index (χ2v) is 11.0. The zero-order valence-corrected chi connectivity index (χ0v) is 22.3. The molecule has 188 valence electrons. The maximum Gasteiger partial charge on any atom is 0.146 e. The number of hydrogen-bond donors (Lipinski definition) is 1. The van der Waals surface area contributed by atoms with Crippen LogP contribution in [0.25, 0.3) is 0 Å². The molecule has 0 radical (unpaired) electrons. The number of rotatable bonds is 22. The minimum atomic E-state index is -0.167. The molecule has 0 heterocycles. The Labute approximate surface area is 196 Å². The summed E-state index contributed by atoms with van der Waals surface area (Å²) in [5.74, 6) is 3.73. The van der Waals surface area contributed by atoms with Gasteiger partial charge in [0.05, 0.1) is 6.10 Å². The Kier molecular flexibility index (Phi) is 20.4. The van der Waals surface area contributed by atoms with E-state index in [2.05, 4.69) is 41.5 Å². The lowest BCUT2D eigenvalue weighted by molar-refractivity contribution is -0.0561. The number of ether oxygens (including phenoxy) is 2. The van der Waals surface area contributed by atoms with E-state index in [0.717, 1.165) is 56.1 Å². The molecule has 6 atom stereocenters. The van der Waals surface area contributed by atoms with Gasteiger partial charge in [0, 0.05) is 13.2 Å². The number of aliphatic hydroxyl groups excluding tert-OH is 1. The summed E-state index contributed by atoms with van der Waals surface area (Å²) in [6.07, 6.45) is 14.8. The molecular formula is C28H58O3. The van der Waals surface area contributed by atoms with Crippen molar-refractivity contribution in [3.05, 3.63) is 0 Å². The van der Waals surface area contributed by atoms with Gasteiger partial charge in [-0.1, -0.05) is 67.2 Å². The molecule has 0 amide bonds. The quantitative estimate of drug-likeness (QED) is 0.135. The van der Waals surface area contributed by atoms with Crippen molar-refractivity contribution in [1.82, 2.24) is 0 Å². The van der Waals surface area contributed by atoms with E-state index in [1.54, 1.807) is 0 Å². The van der Waals surface area contributed by atoms with Crippen LogP contribution in [0.2, 0.25) is 0 Å². The Hall–Kier alpha value is -0.120. The van der Waals surface area contributed by atoms with Crippen molar-refractivity contribution in [3.63, 3.8) is 0 Å². The zero-order valence-electron chi connectivity index (χ0n) is 22.3. The zero-order chi connectivity index (χ0) is 23.5. The fourth-order valence-electron chi connectivity index (χ4n) is 5.35. The average molecular weight is 443 g/mol. The van der Waals surface area contributed by atoms with Gasteiger partial charge in [-0.05, 0) is 87.9 Å². The summed E-state index contributed by atoms with van der Waals surface area (Å²) in [6.45, 7) is 18.2. The van der Waals surface area contributed by atoms with Crippen LogP contribution in [0.5, 0.6) is 0 Å². The highest BCUT2D eigenvalue weighted by Gasteiger charge is 2.17. The van der Waals surface area contributed by atoms with Crippen molar-refractivity contribution in [2.45, 2.75) is 132 Å². The van der Waals surface area contributed by atoms with Gasteiger partial charge in [-0.25, -0.2) is 0 Å². The fourth-order valence-corrected chi connectivity index (χ4v) is 5.35. The average Bonchev–Trinajstić information content (AvgIpc) is 2.64. The lowest BCUT2D eigenvalue weighted by atomic mass is 9.82. The molecule has 0 aromatic rings. The van der Waals surface area contributed by atoms with Gasteiger partial charge >= 0.3 is 0 Å². The maximum absolute atomic E-state index is 9.57. The van der Waals surface area contributed by atoms with Crippen molar-refractivity contribution in [3.8, 4) is 0 Å². The van der Waals surface area contributed by atoms with Crippen molar-refractivity contribution in [2.24, 2.45) is 29.6 Å². The smallest absolute Gasteiger partial charge is 0.146 e. The van der Waals surface area contributed by atoms with E-state index in [1.807, 2.05) is 6.92 Å². The predicted octanol–water partition coefficient (Wildman–Crippen LogP) is 8.24. The molecule has 0 aliphatic rings. The minimum absolute atomic E-state index is 0.167. The van der Waals surface area contributed by atoms with Crippen LogP contribution in [-0.2, 0) is 9.47 Å². The highest BCUT2D eigenvalue weighted by atomic mass is 16.7. The van der Waals surface area contributed by atoms with Crippen molar-refractivity contribution >= 4 is 0 Å². The molecule has 0 fully saturated rings. The molecule has 1 N–H and O–H groups in total. The molecule has 3 heteroatoms. The van der Waals surface area contributed by atoms with Crippen molar-refractivity contribution in [2.75, 3.05) is 20.0 Å². The van der Waals surface area contributed by atoms with Gasteiger partial charge in [0.15, 0.2) is 0 Å². The molecule has 0 rings (SSSR count). The number of unbranched alkanes of at least 4 members (excludes halogenated alkanes) is 4. The first-order chi connectivity index (χ1) is 14.7. The second kappa shape index (κ2) is 20.5. The largest absolute Gasteiger partial charge is 0.393 e. The molecule has 0 saturated heterocycles. The van der Waals surface area contributed by atoms with E-state index < -0.39 is 0 Å². The predicted molar refractivity (Wildman–Crippen MR) is 135 cm³/mol. The van der Waals surface area contributed by atoms with Gasteiger partial charge in [-0.15, -0.1) is 0 Å². The van der Waals surface area contributed by atoms with E-state index in [-0.39, 0.29) is 6.10 Å². The molecular weight excluding hydrogens is 384 g/mol. The van der Waals surface area contributed by atoms with Gasteiger partial charge < -0.3 is 14.6 Å². The van der Waals surface area contributed by atoms with Crippen LogP contribution in [0.15, 0.2) is 0 Å². The SMILES string of the molecule is CCCCCCCOCOCCCC(C)CC(C)CC(C)CC(C)CC(C)CC(C)O. The minimum Gasteiger partial charge on any atom is -0.393 e. The summed E-state index contributed by atoms with van der Waals surface area (Å²) in [5, 5.41) is 9.57. The van der Waals surface area contributed by atoms with E-state index in [0.29, 0.717) is 12.7 Å². The first kappa shape index (κ1) is 30.9. The normalized spacial score (nSPS) is 17.8. The summed E-state index contributed by atoms with van der Waals surface area (Å²) in [7, 11) is 0. The Morgan fingerprint density at radius 2 is 1.00 bits per heavy atom. The molecule has 0 aliphatic heterocycles. The number of aliphatic hydroxyl groups is 1. The molecule has 0 aliphatic carbocycles. The first-order valence-electron chi connectivity index (χ1n) is 13.6. The Morgan fingerprint density at radius 1 is 0.548 bits per heavy atom. The van der Waals surface area contributed by atoms with Crippen LogP contribution in [-0.4, -0.2) is 31.2 Å². The topological polar surface area (TPSA) is 38.7 Å². The fraction of sp³-hybridized carbons (Fsp3) is 1.00. The van der Waals surface area contributed by atoms with Crippen molar-refractivity contribution in [1.29, 1.82) is 0 Å². The van der Waals surface area contributed by atoms with Crippen LogP contribution >= 0.6 is 0 Å². The lowest BCUT2D eigenvalue weighted by Gasteiger charge is -2.24. The van der Waals surface area contributed by atoms with E-state index in [9.17, 15) is 5.11 Å². The van der Waals surface area contributed by atoms with Gasteiger partial charge in [0.1, 0.15) is 6.79 Å². The Balaban J connectivity index is 3.68. The Bertz CT molecular complexity index is 371. The molecule has 31 heavy (non-hydrogen) atoms. The monoisotopic (exact) mass is 442 g/mol. The van der Waals surface area contributed by atoms with Crippen LogP contribution in [0.3, 0.4) is 0 Å². The van der Waals surface area contributed by atoms with Gasteiger partial charge in [0.25, 0.3) is 0 Å². The molecule has 6 unspecified atom stereocenters. The second-order valence-electron chi connectivity index (χ2n) is 11.0. The first-order valence-corrected chi connectivity index (χ1v) is 13.6. The Morgan fingerprint density at radius 3 is 1.52 bits per heavy atom.